The second kappa shape index (κ2) is 4.52. The number of fused-ring (bicyclic) bond motifs is 1. The highest BCUT2D eigenvalue weighted by atomic mass is 79.9. The molecule has 1 aromatic carbocycles. The van der Waals surface area contributed by atoms with Crippen molar-refractivity contribution in [1.82, 2.24) is 4.98 Å². The van der Waals surface area contributed by atoms with Gasteiger partial charge in [-0.1, -0.05) is 18.7 Å². The summed E-state index contributed by atoms with van der Waals surface area (Å²) in [7, 11) is 0. The number of hydrogen-bond acceptors (Lipinski definition) is 2. The summed E-state index contributed by atoms with van der Waals surface area (Å²) in [5, 5.41) is 0.871. The van der Waals surface area contributed by atoms with Crippen molar-refractivity contribution >= 4 is 38.0 Å². The van der Waals surface area contributed by atoms with Crippen LogP contribution in [0.2, 0.25) is 0 Å². The Morgan fingerprint density at radius 2 is 1.95 bits per heavy atom. The Morgan fingerprint density at radius 1 is 1.32 bits per heavy atom. The fraction of sp³-hybridized carbons (Fsp3) is 0.154. The molecule has 0 radical (unpaired) electrons. The number of nitrogens with zero attached hydrogens (tertiary/aromatic N) is 1. The maximum atomic E-state index is 12.8. The maximum Gasteiger partial charge on any atom is 0.417 e. The first-order valence-electron chi connectivity index (χ1n) is 5.33. The molecule has 1 aromatic heterocycles. The molecule has 2 aromatic rings. The summed E-state index contributed by atoms with van der Waals surface area (Å²) in [6.45, 7) is 4.88. The van der Waals surface area contributed by atoms with Crippen LogP contribution in [0.4, 0.5) is 18.9 Å². The normalized spacial score (nSPS) is 11.8. The third-order valence-electron chi connectivity index (χ3n) is 2.87. The molecule has 0 saturated carbocycles. The second-order valence-electron chi connectivity index (χ2n) is 4.16. The predicted octanol–water partition coefficient (Wildman–Crippen LogP) is 4.46. The first kappa shape index (κ1) is 13.9. The first-order chi connectivity index (χ1) is 8.71. The van der Waals surface area contributed by atoms with Gasteiger partial charge in [-0.2, -0.15) is 13.2 Å². The number of anilines is 1. The summed E-state index contributed by atoms with van der Waals surface area (Å²) < 4.78 is 38.7. The van der Waals surface area contributed by atoms with E-state index in [0.717, 1.165) is 5.56 Å². The zero-order valence-corrected chi connectivity index (χ0v) is 11.6. The van der Waals surface area contributed by atoms with Crippen LogP contribution >= 0.6 is 15.9 Å². The molecule has 19 heavy (non-hydrogen) atoms. The van der Waals surface area contributed by atoms with Crippen LogP contribution in [0.15, 0.2) is 29.4 Å². The minimum Gasteiger partial charge on any atom is -0.398 e. The van der Waals surface area contributed by atoms with Gasteiger partial charge in [0.05, 0.1) is 11.3 Å². The smallest absolute Gasteiger partial charge is 0.398 e. The topological polar surface area (TPSA) is 38.9 Å². The minimum absolute atomic E-state index is 0.205. The Labute approximate surface area is 116 Å². The van der Waals surface area contributed by atoms with Crippen molar-refractivity contribution in [2.75, 3.05) is 5.73 Å². The van der Waals surface area contributed by atoms with E-state index in [1.807, 2.05) is 0 Å². The number of hydrogen-bond donors (Lipinski definition) is 1. The highest BCUT2D eigenvalue weighted by Gasteiger charge is 2.35. The number of aromatic nitrogens is 1. The Bertz CT molecular complexity index is 678. The van der Waals surface area contributed by atoms with E-state index in [2.05, 4.69) is 27.5 Å². The van der Waals surface area contributed by atoms with Crippen molar-refractivity contribution < 1.29 is 13.2 Å². The Balaban J connectivity index is 2.83. The van der Waals surface area contributed by atoms with Gasteiger partial charge in [0.2, 0.25) is 0 Å². The van der Waals surface area contributed by atoms with Crippen molar-refractivity contribution in [3.05, 3.63) is 40.6 Å². The van der Waals surface area contributed by atoms with E-state index in [1.165, 1.54) is 0 Å². The number of halogens is 4. The fourth-order valence-electron chi connectivity index (χ4n) is 1.79. The molecule has 0 saturated heterocycles. The molecule has 2 rings (SSSR count). The monoisotopic (exact) mass is 330 g/mol. The Kier molecular flexibility index (Phi) is 3.30. The summed E-state index contributed by atoms with van der Waals surface area (Å²) >= 11 is 3.10. The van der Waals surface area contributed by atoms with E-state index in [9.17, 15) is 13.2 Å². The van der Waals surface area contributed by atoms with Gasteiger partial charge in [0.15, 0.2) is 0 Å². The van der Waals surface area contributed by atoms with Crippen LogP contribution in [-0.4, -0.2) is 11.2 Å². The number of pyridine rings is 1. The molecule has 0 bridgehead atoms. The van der Waals surface area contributed by atoms with Crippen LogP contribution in [-0.2, 0) is 0 Å². The lowest BCUT2D eigenvalue weighted by Gasteiger charge is -2.14. The second-order valence-corrected chi connectivity index (χ2v) is 4.97. The van der Waals surface area contributed by atoms with Gasteiger partial charge >= 0.3 is 6.18 Å². The molecule has 0 unspecified atom stereocenters. The quantitative estimate of drug-likeness (QED) is 0.619. The molecule has 0 spiro atoms. The molecule has 6 heteroatoms. The highest BCUT2D eigenvalue weighted by molar-refractivity contribution is 9.10. The maximum absolute atomic E-state index is 12.8. The average molecular weight is 331 g/mol. The highest BCUT2D eigenvalue weighted by Crippen LogP contribution is 2.37. The summed E-state index contributed by atoms with van der Waals surface area (Å²) in [6, 6.07) is 4.85. The number of aryl methyl sites for hydroxylation is 1. The number of rotatable bonds is 1. The first-order valence-corrected chi connectivity index (χ1v) is 6.13. The van der Waals surface area contributed by atoms with Crippen LogP contribution in [0.1, 0.15) is 11.3 Å². The minimum atomic E-state index is -4.53. The lowest BCUT2D eigenvalue weighted by atomic mass is 10.0. The van der Waals surface area contributed by atoms with Gasteiger partial charge in [-0.15, -0.1) is 0 Å². The molecule has 100 valence electrons. The van der Waals surface area contributed by atoms with Crippen LogP contribution in [0.25, 0.3) is 16.3 Å². The number of nitrogens with two attached hydrogens (primary N) is 1. The Morgan fingerprint density at radius 3 is 2.53 bits per heavy atom. The fourth-order valence-corrected chi connectivity index (χ4v) is 2.20. The lowest BCUT2D eigenvalue weighted by molar-refractivity contribution is -0.0688. The molecule has 0 aliphatic rings. The lowest BCUT2D eigenvalue weighted by Crippen LogP contribution is -2.11. The van der Waals surface area contributed by atoms with Crippen LogP contribution in [0.3, 0.4) is 0 Å². The molecule has 0 atom stereocenters. The SMILES string of the molecule is C=C(c1nc(Br)cc2c(N)c(C)ccc12)C(F)(F)F. The average Bonchev–Trinajstić information content (AvgIpc) is 2.31. The molecule has 1 heterocycles. The largest absolute Gasteiger partial charge is 0.417 e. The number of benzene rings is 1. The zero-order chi connectivity index (χ0) is 14.4. The third-order valence-corrected chi connectivity index (χ3v) is 3.28. The summed E-state index contributed by atoms with van der Waals surface area (Å²) in [5.41, 5.74) is 5.96. The summed E-state index contributed by atoms with van der Waals surface area (Å²) in [6.07, 6.45) is -4.53. The molecular weight excluding hydrogens is 321 g/mol. The van der Waals surface area contributed by atoms with Gasteiger partial charge in [-0.3, -0.25) is 0 Å². The Hall–Kier alpha value is -1.56. The third kappa shape index (κ3) is 2.45. The van der Waals surface area contributed by atoms with Crippen molar-refractivity contribution in [3.8, 4) is 0 Å². The standard InChI is InChI=1S/C13H10BrF3N2/c1-6-3-4-8-9(11(6)18)5-10(14)19-12(8)7(2)13(15,16)17/h3-5H,2,18H2,1H3. The molecule has 0 aliphatic carbocycles. The molecule has 0 aliphatic heterocycles. The van der Waals surface area contributed by atoms with Crippen molar-refractivity contribution in [1.29, 1.82) is 0 Å². The van der Waals surface area contributed by atoms with E-state index >= 15 is 0 Å². The van der Waals surface area contributed by atoms with Crippen LogP contribution < -0.4 is 5.73 Å². The number of allylic oxidation sites excluding steroid dienone is 1. The van der Waals surface area contributed by atoms with Gasteiger partial charge in [-0.05, 0) is 34.5 Å². The zero-order valence-electron chi connectivity index (χ0n) is 9.98. The summed E-state index contributed by atoms with van der Waals surface area (Å²) in [4.78, 5) is 3.88. The molecular formula is C13H10BrF3N2. The van der Waals surface area contributed by atoms with Gasteiger partial charge in [0.25, 0.3) is 0 Å². The van der Waals surface area contributed by atoms with E-state index in [1.54, 1.807) is 25.1 Å². The van der Waals surface area contributed by atoms with Gasteiger partial charge < -0.3 is 5.73 Å². The van der Waals surface area contributed by atoms with E-state index in [0.29, 0.717) is 16.5 Å². The molecule has 2 nitrogen and oxygen atoms in total. The number of nitrogen functional groups attached to an aromatic ring is 1. The van der Waals surface area contributed by atoms with Crippen molar-refractivity contribution in [2.45, 2.75) is 13.1 Å². The molecule has 0 amide bonds. The van der Waals surface area contributed by atoms with Gasteiger partial charge in [0, 0.05) is 16.5 Å². The van der Waals surface area contributed by atoms with Crippen LogP contribution in [0, 0.1) is 6.92 Å². The van der Waals surface area contributed by atoms with Crippen molar-refractivity contribution in [2.24, 2.45) is 0 Å². The van der Waals surface area contributed by atoms with Gasteiger partial charge in [0.1, 0.15) is 4.60 Å². The predicted molar refractivity (Wildman–Crippen MR) is 73.7 cm³/mol. The number of alkyl halides is 3. The molecule has 0 fully saturated rings. The molecule has 2 N–H and O–H groups in total. The summed E-state index contributed by atoms with van der Waals surface area (Å²) in [5.74, 6) is 0. The van der Waals surface area contributed by atoms with E-state index < -0.39 is 11.7 Å². The van der Waals surface area contributed by atoms with Crippen molar-refractivity contribution in [3.63, 3.8) is 0 Å². The van der Waals surface area contributed by atoms with Gasteiger partial charge in [-0.25, -0.2) is 4.98 Å². The van der Waals surface area contributed by atoms with Crippen LogP contribution in [0.5, 0.6) is 0 Å². The van der Waals surface area contributed by atoms with E-state index in [4.69, 9.17) is 5.73 Å². The van der Waals surface area contributed by atoms with E-state index in [-0.39, 0.29) is 10.3 Å².